The minimum atomic E-state index is -1.72. The molecule has 0 aliphatic carbocycles. The number of hydrogen-bond acceptors (Lipinski definition) is 10. The van der Waals surface area contributed by atoms with Crippen LogP contribution < -0.4 is 22.5 Å². The standard InChI is InChI=1S/C18H27N5O8/c1-2-3-12(26)21-9(7-24)10(25)6-8-13(27)14(28)17(31-15(8)16(20)29)23-5-4-11(19)22-18(23)30/h4-5,8-9,13-15,17,24,27-28H,2-3,6-7H2,1H3,(H2,20,29)(H,21,26)(H2,19,22,30)/t8-,9+,13-,14+,15-,17?/m0/s1. The maximum absolute atomic E-state index is 12.6. The molecule has 1 unspecified atom stereocenters. The highest BCUT2D eigenvalue weighted by molar-refractivity contribution is 5.90. The van der Waals surface area contributed by atoms with Gasteiger partial charge in [-0.2, -0.15) is 4.98 Å². The van der Waals surface area contributed by atoms with Gasteiger partial charge >= 0.3 is 5.69 Å². The fraction of sp³-hybridized carbons (Fsp3) is 0.611. The van der Waals surface area contributed by atoms with Crippen molar-refractivity contribution in [1.82, 2.24) is 14.9 Å². The fourth-order valence-corrected chi connectivity index (χ4v) is 3.38. The molecule has 13 heteroatoms. The van der Waals surface area contributed by atoms with Gasteiger partial charge in [-0.3, -0.25) is 19.0 Å². The Labute approximate surface area is 177 Å². The zero-order valence-corrected chi connectivity index (χ0v) is 16.9. The average Bonchev–Trinajstić information content (AvgIpc) is 2.70. The monoisotopic (exact) mass is 441 g/mol. The zero-order chi connectivity index (χ0) is 23.3. The number of hydrogen-bond donors (Lipinski definition) is 6. The molecule has 0 saturated carbocycles. The van der Waals surface area contributed by atoms with E-state index in [9.17, 15) is 34.5 Å². The number of amides is 2. The number of rotatable bonds is 9. The molecule has 2 heterocycles. The second-order valence-corrected chi connectivity index (χ2v) is 7.26. The van der Waals surface area contributed by atoms with E-state index in [1.807, 2.05) is 0 Å². The Kier molecular flexibility index (Phi) is 8.21. The van der Waals surface area contributed by atoms with Crippen molar-refractivity contribution in [1.29, 1.82) is 0 Å². The second kappa shape index (κ2) is 10.4. The van der Waals surface area contributed by atoms with Gasteiger partial charge in [0.2, 0.25) is 11.8 Å². The van der Waals surface area contributed by atoms with Gasteiger partial charge in [0.1, 0.15) is 24.1 Å². The van der Waals surface area contributed by atoms with Crippen molar-refractivity contribution in [2.45, 2.75) is 56.8 Å². The molecule has 2 rings (SSSR count). The molecule has 1 fully saturated rings. The predicted molar refractivity (Wildman–Crippen MR) is 105 cm³/mol. The molecule has 0 radical (unpaired) electrons. The maximum atomic E-state index is 12.6. The highest BCUT2D eigenvalue weighted by Crippen LogP contribution is 2.33. The Bertz CT molecular complexity index is 875. The maximum Gasteiger partial charge on any atom is 0.351 e. The summed E-state index contributed by atoms with van der Waals surface area (Å²) < 4.78 is 6.31. The summed E-state index contributed by atoms with van der Waals surface area (Å²) in [5, 5.41) is 32.9. The van der Waals surface area contributed by atoms with Gasteiger partial charge in [-0.25, -0.2) is 4.79 Å². The molecule has 0 aromatic carbocycles. The Balaban J connectivity index is 2.24. The van der Waals surface area contributed by atoms with Gasteiger partial charge in [0.25, 0.3) is 0 Å². The van der Waals surface area contributed by atoms with E-state index >= 15 is 0 Å². The number of nitrogen functional groups attached to an aromatic ring is 1. The third-order valence-corrected chi connectivity index (χ3v) is 4.98. The van der Waals surface area contributed by atoms with E-state index in [1.165, 1.54) is 12.3 Å². The molecule has 1 aliphatic rings. The predicted octanol–water partition coefficient (Wildman–Crippen LogP) is -3.22. The topological polar surface area (TPSA) is 220 Å². The largest absolute Gasteiger partial charge is 0.394 e. The van der Waals surface area contributed by atoms with E-state index in [0.717, 1.165) is 4.57 Å². The highest BCUT2D eigenvalue weighted by atomic mass is 16.5. The number of carbonyl (C=O) groups excluding carboxylic acids is 3. The molecule has 8 N–H and O–H groups in total. The number of ketones is 1. The number of aliphatic hydroxyl groups is 3. The number of nitrogens with two attached hydrogens (primary N) is 2. The minimum absolute atomic E-state index is 0.0813. The Hall–Kier alpha value is -2.87. The van der Waals surface area contributed by atoms with E-state index in [2.05, 4.69) is 10.3 Å². The van der Waals surface area contributed by atoms with Gasteiger partial charge in [-0.1, -0.05) is 6.92 Å². The quantitative estimate of drug-likeness (QED) is 0.225. The van der Waals surface area contributed by atoms with Gasteiger partial charge in [0.15, 0.2) is 12.0 Å². The van der Waals surface area contributed by atoms with Gasteiger partial charge in [0.05, 0.1) is 12.7 Å². The Morgan fingerprint density at radius 3 is 2.55 bits per heavy atom. The van der Waals surface area contributed by atoms with Crippen molar-refractivity contribution in [3.63, 3.8) is 0 Å². The normalized spacial score (nSPS) is 26.8. The summed E-state index contributed by atoms with van der Waals surface area (Å²) in [4.78, 5) is 51.9. The molecular formula is C18H27N5O8. The van der Waals surface area contributed by atoms with E-state index in [-0.39, 0.29) is 12.2 Å². The first-order valence-corrected chi connectivity index (χ1v) is 9.69. The lowest BCUT2D eigenvalue weighted by Gasteiger charge is -2.42. The molecule has 1 saturated heterocycles. The first kappa shape index (κ1) is 24.4. The number of nitrogens with one attached hydrogen (secondary N) is 1. The summed E-state index contributed by atoms with van der Waals surface area (Å²) >= 11 is 0. The van der Waals surface area contributed by atoms with Crippen LogP contribution in [-0.4, -0.2) is 73.4 Å². The van der Waals surface area contributed by atoms with E-state index < -0.39 is 72.8 Å². The van der Waals surface area contributed by atoms with Gasteiger partial charge in [-0.15, -0.1) is 0 Å². The van der Waals surface area contributed by atoms with Crippen molar-refractivity contribution >= 4 is 23.4 Å². The summed E-state index contributed by atoms with van der Waals surface area (Å²) in [5.74, 6) is -3.55. The Morgan fingerprint density at radius 1 is 1.32 bits per heavy atom. The van der Waals surface area contributed by atoms with Crippen LogP contribution in [0.15, 0.2) is 17.1 Å². The smallest absolute Gasteiger partial charge is 0.351 e. The summed E-state index contributed by atoms with van der Waals surface area (Å²) in [6.45, 7) is 1.07. The lowest BCUT2D eigenvalue weighted by molar-refractivity contribution is -0.225. The van der Waals surface area contributed by atoms with Crippen molar-refractivity contribution in [2.24, 2.45) is 11.7 Å². The van der Waals surface area contributed by atoms with Crippen LogP contribution in [0, 0.1) is 5.92 Å². The fourth-order valence-electron chi connectivity index (χ4n) is 3.38. The lowest BCUT2D eigenvalue weighted by Crippen LogP contribution is -2.58. The minimum Gasteiger partial charge on any atom is -0.394 e. The molecule has 0 spiro atoms. The molecule has 0 bridgehead atoms. The van der Waals surface area contributed by atoms with Gasteiger partial charge in [0, 0.05) is 25.0 Å². The molecule has 6 atom stereocenters. The highest BCUT2D eigenvalue weighted by Gasteiger charge is 2.48. The summed E-state index contributed by atoms with van der Waals surface area (Å²) in [7, 11) is 0. The SMILES string of the molecule is CCCC(=O)N[C@H](CO)C(=O)C[C@H]1[C@H](O)[C@@H](O)C(n2ccc(N)nc2=O)O[C@@H]1C(N)=O. The first-order valence-electron chi connectivity index (χ1n) is 9.69. The van der Waals surface area contributed by atoms with E-state index in [0.29, 0.717) is 6.42 Å². The molecule has 1 aromatic rings. The van der Waals surface area contributed by atoms with Crippen LogP contribution in [0.1, 0.15) is 32.4 Å². The summed E-state index contributed by atoms with van der Waals surface area (Å²) in [6, 6.07) is -0.0117. The van der Waals surface area contributed by atoms with Crippen LogP contribution in [0.3, 0.4) is 0 Å². The number of anilines is 1. The van der Waals surface area contributed by atoms with Crippen molar-refractivity contribution < 1.29 is 34.4 Å². The summed E-state index contributed by atoms with van der Waals surface area (Å²) in [6.07, 6.45) is -5.18. The Morgan fingerprint density at radius 2 is 2.00 bits per heavy atom. The molecule has 13 nitrogen and oxygen atoms in total. The van der Waals surface area contributed by atoms with Crippen LogP contribution in [0.25, 0.3) is 0 Å². The molecule has 1 aliphatic heterocycles. The van der Waals surface area contributed by atoms with Crippen molar-refractivity contribution in [3.8, 4) is 0 Å². The van der Waals surface area contributed by atoms with Crippen molar-refractivity contribution in [3.05, 3.63) is 22.7 Å². The number of carbonyl (C=O) groups is 3. The summed E-state index contributed by atoms with van der Waals surface area (Å²) in [5.41, 5.74) is 9.89. The number of ether oxygens (including phenoxy) is 1. The molecule has 172 valence electrons. The van der Waals surface area contributed by atoms with Crippen LogP contribution >= 0.6 is 0 Å². The van der Waals surface area contributed by atoms with Crippen LogP contribution in [0.4, 0.5) is 5.82 Å². The average molecular weight is 441 g/mol. The van der Waals surface area contributed by atoms with Gasteiger partial charge < -0.3 is 36.8 Å². The molecule has 31 heavy (non-hydrogen) atoms. The number of nitrogens with zero attached hydrogens (tertiary/aromatic N) is 2. The van der Waals surface area contributed by atoms with E-state index in [1.54, 1.807) is 6.92 Å². The number of aliphatic hydroxyl groups excluding tert-OH is 3. The molecule has 2 amide bonds. The van der Waals surface area contributed by atoms with Crippen molar-refractivity contribution in [2.75, 3.05) is 12.3 Å². The third-order valence-electron chi connectivity index (χ3n) is 4.98. The van der Waals surface area contributed by atoms with Crippen LogP contribution in [0.5, 0.6) is 0 Å². The first-order chi connectivity index (χ1) is 14.6. The van der Waals surface area contributed by atoms with Crippen LogP contribution in [0.2, 0.25) is 0 Å². The second-order valence-electron chi connectivity index (χ2n) is 7.26. The number of Topliss-reactive ketones (excluding diaryl/α,β-unsaturated/α-hetero) is 1. The number of primary amides is 1. The van der Waals surface area contributed by atoms with E-state index in [4.69, 9.17) is 16.2 Å². The zero-order valence-electron chi connectivity index (χ0n) is 16.9. The van der Waals surface area contributed by atoms with Crippen LogP contribution in [-0.2, 0) is 19.1 Å². The third kappa shape index (κ3) is 5.64. The lowest BCUT2D eigenvalue weighted by atomic mass is 9.83. The molecular weight excluding hydrogens is 414 g/mol. The van der Waals surface area contributed by atoms with Gasteiger partial charge in [-0.05, 0) is 12.5 Å². The number of aromatic nitrogens is 2. The molecule has 1 aromatic heterocycles.